The van der Waals surface area contributed by atoms with Crippen LogP contribution < -0.4 is 5.73 Å². The molecule has 0 aliphatic heterocycles. The zero-order valence-electron chi connectivity index (χ0n) is 10.1. The van der Waals surface area contributed by atoms with Gasteiger partial charge in [0.25, 0.3) is 0 Å². The molecule has 5 nitrogen and oxygen atoms in total. The molecule has 0 bridgehead atoms. The van der Waals surface area contributed by atoms with Crippen LogP contribution in [0.3, 0.4) is 0 Å². The lowest BCUT2D eigenvalue weighted by Gasteiger charge is -2.09. The number of nitrogens with two attached hydrogens (primary N) is 1. The Balaban J connectivity index is 2.05. The molecule has 0 radical (unpaired) electrons. The van der Waals surface area contributed by atoms with Crippen LogP contribution in [0.15, 0.2) is 30.9 Å². The zero-order valence-corrected chi connectivity index (χ0v) is 10.1. The molecule has 2 aromatic rings. The van der Waals surface area contributed by atoms with Crippen molar-refractivity contribution in [1.82, 2.24) is 19.7 Å². The minimum atomic E-state index is -0.131. The van der Waals surface area contributed by atoms with Crippen molar-refractivity contribution in [2.24, 2.45) is 5.73 Å². The molecule has 5 heteroatoms. The summed E-state index contributed by atoms with van der Waals surface area (Å²) in [5.41, 5.74) is 7.91. The summed E-state index contributed by atoms with van der Waals surface area (Å²) in [6, 6.07) is 4.08. The van der Waals surface area contributed by atoms with Gasteiger partial charge in [-0.25, -0.2) is 9.97 Å². The second kappa shape index (κ2) is 5.05. The topological polar surface area (TPSA) is 69.6 Å². The predicted octanol–water partition coefficient (Wildman–Crippen LogP) is 1.50. The number of nitrogens with zero attached hydrogens (tertiary/aromatic N) is 4. The third kappa shape index (κ3) is 2.88. The van der Waals surface area contributed by atoms with Crippen molar-refractivity contribution >= 4 is 0 Å². The molecular weight excluding hydrogens is 214 g/mol. The lowest BCUT2D eigenvalue weighted by Crippen LogP contribution is -2.15. The summed E-state index contributed by atoms with van der Waals surface area (Å²) in [6.07, 6.45) is 5.89. The highest BCUT2D eigenvalue weighted by Gasteiger charge is 2.10. The molecule has 0 aliphatic rings. The molecule has 0 amide bonds. The molecule has 2 heterocycles. The molecule has 0 fully saturated rings. The second-order valence-electron chi connectivity index (χ2n) is 4.33. The summed E-state index contributed by atoms with van der Waals surface area (Å²) < 4.78 is 1.93. The molecule has 17 heavy (non-hydrogen) atoms. The summed E-state index contributed by atoms with van der Waals surface area (Å²) in [5, 5.41) is 4.47. The number of aromatic nitrogens is 4. The Labute approximate surface area is 101 Å². The van der Waals surface area contributed by atoms with Crippen molar-refractivity contribution in [1.29, 1.82) is 0 Å². The van der Waals surface area contributed by atoms with Gasteiger partial charge in [0, 0.05) is 24.9 Å². The maximum Gasteiger partial charge on any atom is 0.115 e. The van der Waals surface area contributed by atoms with Gasteiger partial charge in [-0.15, -0.1) is 0 Å². The minimum Gasteiger partial charge on any atom is -0.322 e. The first-order valence-electron chi connectivity index (χ1n) is 5.72. The quantitative estimate of drug-likeness (QED) is 0.865. The monoisotopic (exact) mass is 231 g/mol. The first-order valence-corrected chi connectivity index (χ1v) is 5.72. The SMILES string of the molecule is CC(C)n1ccc(CC(N)c2ccncn2)n1. The van der Waals surface area contributed by atoms with Gasteiger partial charge in [-0.1, -0.05) is 0 Å². The van der Waals surface area contributed by atoms with Crippen molar-refractivity contribution in [2.75, 3.05) is 0 Å². The lowest BCUT2D eigenvalue weighted by molar-refractivity contribution is 0.522. The summed E-state index contributed by atoms with van der Waals surface area (Å²) >= 11 is 0. The fourth-order valence-corrected chi connectivity index (χ4v) is 1.62. The van der Waals surface area contributed by atoms with Crippen molar-refractivity contribution in [3.8, 4) is 0 Å². The predicted molar refractivity (Wildman–Crippen MR) is 65.3 cm³/mol. The summed E-state index contributed by atoms with van der Waals surface area (Å²) in [4.78, 5) is 8.02. The summed E-state index contributed by atoms with van der Waals surface area (Å²) in [6.45, 7) is 4.20. The Kier molecular flexibility index (Phi) is 3.49. The van der Waals surface area contributed by atoms with Crippen LogP contribution in [0.2, 0.25) is 0 Å². The van der Waals surface area contributed by atoms with E-state index in [9.17, 15) is 0 Å². The molecule has 1 atom stereocenters. The van der Waals surface area contributed by atoms with Crippen LogP contribution >= 0.6 is 0 Å². The van der Waals surface area contributed by atoms with E-state index < -0.39 is 0 Å². The Bertz CT molecular complexity index is 463. The van der Waals surface area contributed by atoms with Crippen molar-refractivity contribution in [3.05, 3.63) is 42.2 Å². The van der Waals surface area contributed by atoms with E-state index in [2.05, 4.69) is 28.9 Å². The van der Waals surface area contributed by atoms with Crippen LogP contribution in [0, 0.1) is 0 Å². The van der Waals surface area contributed by atoms with Crippen LogP contribution in [0.5, 0.6) is 0 Å². The van der Waals surface area contributed by atoms with E-state index in [0.29, 0.717) is 12.5 Å². The summed E-state index contributed by atoms with van der Waals surface area (Å²) in [5.74, 6) is 0. The second-order valence-corrected chi connectivity index (χ2v) is 4.33. The van der Waals surface area contributed by atoms with E-state index in [1.165, 1.54) is 6.33 Å². The molecular formula is C12H17N5. The van der Waals surface area contributed by atoms with E-state index in [0.717, 1.165) is 11.4 Å². The smallest absolute Gasteiger partial charge is 0.115 e. The van der Waals surface area contributed by atoms with Crippen LogP contribution in [-0.2, 0) is 6.42 Å². The highest BCUT2D eigenvalue weighted by molar-refractivity contribution is 5.10. The zero-order chi connectivity index (χ0) is 12.3. The van der Waals surface area contributed by atoms with E-state index in [1.807, 2.05) is 23.0 Å². The highest BCUT2D eigenvalue weighted by Crippen LogP contribution is 2.13. The largest absolute Gasteiger partial charge is 0.322 e. The van der Waals surface area contributed by atoms with E-state index >= 15 is 0 Å². The Hall–Kier alpha value is -1.75. The average Bonchev–Trinajstić information content (AvgIpc) is 2.79. The molecule has 0 saturated carbocycles. The van der Waals surface area contributed by atoms with Gasteiger partial charge in [0.15, 0.2) is 0 Å². The van der Waals surface area contributed by atoms with Gasteiger partial charge < -0.3 is 5.73 Å². The number of hydrogen-bond donors (Lipinski definition) is 1. The van der Waals surface area contributed by atoms with Crippen molar-refractivity contribution < 1.29 is 0 Å². The molecule has 1 unspecified atom stereocenters. The van der Waals surface area contributed by atoms with E-state index in [1.54, 1.807) is 6.20 Å². The van der Waals surface area contributed by atoms with Gasteiger partial charge in [0.1, 0.15) is 6.33 Å². The third-order valence-corrected chi connectivity index (χ3v) is 2.61. The fourth-order valence-electron chi connectivity index (χ4n) is 1.62. The van der Waals surface area contributed by atoms with Crippen LogP contribution in [-0.4, -0.2) is 19.7 Å². The van der Waals surface area contributed by atoms with Gasteiger partial charge in [0.05, 0.1) is 17.4 Å². The molecule has 2 aromatic heterocycles. The van der Waals surface area contributed by atoms with Crippen LogP contribution in [0.25, 0.3) is 0 Å². The van der Waals surface area contributed by atoms with Crippen molar-refractivity contribution in [3.63, 3.8) is 0 Å². The molecule has 90 valence electrons. The fraction of sp³-hybridized carbons (Fsp3) is 0.417. The molecule has 0 aromatic carbocycles. The van der Waals surface area contributed by atoms with Crippen LogP contribution in [0.1, 0.15) is 37.3 Å². The van der Waals surface area contributed by atoms with Gasteiger partial charge in [-0.2, -0.15) is 5.10 Å². The molecule has 2 N–H and O–H groups in total. The van der Waals surface area contributed by atoms with E-state index in [4.69, 9.17) is 5.73 Å². The molecule has 0 spiro atoms. The van der Waals surface area contributed by atoms with Gasteiger partial charge in [-0.05, 0) is 26.0 Å². The molecule has 2 rings (SSSR count). The van der Waals surface area contributed by atoms with Crippen molar-refractivity contribution in [2.45, 2.75) is 32.4 Å². The Morgan fingerprint density at radius 1 is 1.35 bits per heavy atom. The number of hydrogen-bond acceptors (Lipinski definition) is 4. The maximum atomic E-state index is 6.07. The highest BCUT2D eigenvalue weighted by atomic mass is 15.3. The van der Waals surface area contributed by atoms with E-state index in [-0.39, 0.29) is 6.04 Å². The van der Waals surface area contributed by atoms with Gasteiger partial charge in [0.2, 0.25) is 0 Å². The standard InChI is InChI=1S/C12H17N5/c1-9(2)17-6-4-10(16-17)7-11(13)12-3-5-14-8-15-12/h3-6,8-9,11H,7,13H2,1-2H3. The normalized spacial score (nSPS) is 12.9. The summed E-state index contributed by atoms with van der Waals surface area (Å²) in [7, 11) is 0. The lowest BCUT2D eigenvalue weighted by atomic mass is 10.1. The average molecular weight is 231 g/mol. The Morgan fingerprint density at radius 2 is 2.18 bits per heavy atom. The van der Waals surface area contributed by atoms with Gasteiger partial charge in [-0.3, -0.25) is 4.68 Å². The van der Waals surface area contributed by atoms with Crippen LogP contribution in [0.4, 0.5) is 0 Å². The minimum absolute atomic E-state index is 0.131. The number of rotatable bonds is 4. The molecule has 0 saturated heterocycles. The first-order chi connectivity index (χ1) is 8.16. The van der Waals surface area contributed by atoms with Gasteiger partial charge >= 0.3 is 0 Å². The Morgan fingerprint density at radius 3 is 2.76 bits per heavy atom. The third-order valence-electron chi connectivity index (χ3n) is 2.61. The molecule has 0 aliphatic carbocycles. The first kappa shape index (κ1) is 11.7. The maximum absolute atomic E-state index is 6.07.